The van der Waals surface area contributed by atoms with E-state index in [1.54, 1.807) is 24.9 Å². The van der Waals surface area contributed by atoms with E-state index in [0.717, 1.165) is 6.42 Å². The van der Waals surface area contributed by atoms with E-state index >= 15 is 0 Å². The summed E-state index contributed by atoms with van der Waals surface area (Å²) in [5.41, 5.74) is 3.17. The van der Waals surface area contributed by atoms with E-state index in [0.29, 0.717) is 37.0 Å². The van der Waals surface area contributed by atoms with Gasteiger partial charge in [0.2, 0.25) is 0 Å². The second-order valence-corrected chi connectivity index (χ2v) is 6.62. The fraction of sp³-hybridized carbons (Fsp3) is 0.300. The van der Waals surface area contributed by atoms with Gasteiger partial charge >= 0.3 is 0 Å². The first-order chi connectivity index (χ1) is 12.7. The van der Waals surface area contributed by atoms with Crippen LogP contribution in [0.15, 0.2) is 59.7 Å². The van der Waals surface area contributed by atoms with Gasteiger partial charge in [-0.05, 0) is 31.0 Å². The summed E-state index contributed by atoms with van der Waals surface area (Å²) < 4.78 is 7.58. The quantitative estimate of drug-likeness (QED) is 0.742. The van der Waals surface area contributed by atoms with Crippen LogP contribution in [0.5, 0.6) is 0 Å². The van der Waals surface area contributed by atoms with Crippen LogP contribution in [0.4, 0.5) is 5.69 Å². The van der Waals surface area contributed by atoms with Gasteiger partial charge in [0.05, 0.1) is 24.7 Å². The van der Waals surface area contributed by atoms with Crippen molar-refractivity contribution >= 4 is 11.6 Å². The summed E-state index contributed by atoms with van der Waals surface area (Å²) in [5.74, 6) is 0.600. The molecule has 0 radical (unpaired) electrons. The van der Waals surface area contributed by atoms with Crippen molar-refractivity contribution in [3.8, 4) is 0 Å². The number of nitrogens with one attached hydrogen (secondary N) is 1. The predicted molar refractivity (Wildman–Crippen MR) is 99.1 cm³/mol. The number of aromatic nitrogens is 2. The topological polar surface area (TPSA) is 63.3 Å². The monoisotopic (exact) mass is 350 g/mol. The summed E-state index contributed by atoms with van der Waals surface area (Å²) in [7, 11) is 0. The van der Waals surface area contributed by atoms with Gasteiger partial charge in [0.1, 0.15) is 5.76 Å². The van der Waals surface area contributed by atoms with Crippen LogP contribution in [0.3, 0.4) is 0 Å². The first-order valence-corrected chi connectivity index (χ1v) is 8.87. The summed E-state index contributed by atoms with van der Waals surface area (Å²) in [6.45, 7) is 4.03. The lowest BCUT2D eigenvalue weighted by molar-refractivity contribution is 0.0950. The molecule has 1 aromatic carbocycles. The largest absolute Gasteiger partial charge is 0.467 e. The highest BCUT2D eigenvalue weighted by atomic mass is 16.3. The number of hydrogen-bond acceptors (Lipinski definition) is 4. The molecule has 1 unspecified atom stereocenters. The number of nitrogens with zero attached hydrogens (tertiary/aromatic N) is 3. The van der Waals surface area contributed by atoms with E-state index in [4.69, 9.17) is 4.42 Å². The van der Waals surface area contributed by atoms with E-state index in [2.05, 4.69) is 46.4 Å². The molecular weight excluding hydrogens is 328 g/mol. The molecule has 3 heterocycles. The summed E-state index contributed by atoms with van der Waals surface area (Å²) in [4.78, 5) is 18.8. The average Bonchev–Trinajstić information content (AvgIpc) is 3.37. The van der Waals surface area contributed by atoms with E-state index in [-0.39, 0.29) is 5.91 Å². The van der Waals surface area contributed by atoms with Crippen LogP contribution in [-0.2, 0) is 19.5 Å². The van der Waals surface area contributed by atoms with Crippen molar-refractivity contribution in [2.45, 2.75) is 32.5 Å². The molecule has 1 aliphatic heterocycles. The van der Waals surface area contributed by atoms with E-state index in [1.807, 2.05) is 10.8 Å². The number of fused-ring (bicyclic) bond motifs is 1. The third-order valence-electron chi connectivity index (χ3n) is 4.87. The van der Waals surface area contributed by atoms with Crippen molar-refractivity contribution in [1.82, 2.24) is 14.9 Å². The van der Waals surface area contributed by atoms with Gasteiger partial charge in [-0.1, -0.05) is 18.2 Å². The van der Waals surface area contributed by atoms with Crippen LogP contribution in [0.2, 0.25) is 0 Å². The highest BCUT2D eigenvalue weighted by molar-refractivity contribution is 5.95. The summed E-state index contributed by atoms with van der Waals surface area (Å²) >= 11 is 0. The molecule has 0 aliphatic carbocycles. The molecular formula is C20H22N4O2. The second kappa shape index (κ2) is 7.07. The number of rotatable bonds is 6. The van der Waals surface area contributed by atoms with Crippen molar-refractivity contribution in [3.63, 3.8) is 0 Å². The Hall–Kier alpha value is -3.02. The Morgan fingerprint density at radius 3 is 3.08 bits per heavy atom. The molecule has 0 fully saturated rings. The third-order valence-corrected chi connectivity index (χ3v) is 4.87. The van der Waals surface area contributed by atoms with E-state index < -0.39 is 0 Å². The van der Waals surface area contributed by atoms with Crippen LogP contribution in [0.25, 0.3) is 0 Å². The van der Waals surface area contributed by atoms with Crippen LogP contribution in [0.1, 0.15) is 28.6 Å². The van der Waals surface area contributed by atoms with Crippen molar-refractivity contribution in [2.75, 3.05) is 11.4 Å². The van der Waals surface area contributed by atoms with Crippen molar-refractivity contribution in [2.24, 2.45) is 0 Å². The lowest BCUT2D eigenvalue weighted by Crippen LogP contribution is -2.31. The van der Waals surface area contributed by atoms with Gasteiger partial charge in [-0.15, -0.1) is 0 Å². The lowest BCUT2D eigenvalue weighted by Gasteiger charge is -2.24. The number of benzene rings is 1. The Labute approximate surface area is 152 Å². The van der Waals surface area contributed by atoms with Gasteiger partial charge in [-0.2, -0.15) is 0 Å². The highest BCUT2D eigenvalue weighted by Crippen LogP contribution is 2.33. The Morgan fingerprint density at radius 2 is 2.23 bits per heavy atom. The van der Waals surface area contributed by atoms with E-state index in [9.17, 15) is 4.79 Å². The highest BCUT2D eigenvalue weighted by Gasteiger charge is 2.27. The smallest absolute Gasteiger partial charge is 0.254 e. The van der Waals surface area contributed by atoms with Gasteiger partial charge in [0, 0.05) is 37.2 Å². The Bertz CT molecular complexity index is 885. The number of para-hydroxylation sites is 1. The minimum Gasteiger partial charge on any atom is -0.467 e. The fourth-order valence-corrected chi connectivity index (χ4v) is 3.50. The zero-order valence-corrected chi connectivity index (χ0v) is 14.8. The minimum atomic E-state index is -0.103. The Morgan fingerprint density at radius 1 is 1.35 bits per heavy atom. The standard InChI is InChI=1S/C20H22N4O2/c1-15-12-16-4-2-3-5-18(16)24(15)13-19-17(6-11-26-19)20(25)22-8-10-23-9-7-21-14-23/h2-7,9,11,14-15H,8,10,12-13H2,1H3,(H,22,25). The molecule has 0 bridgehead atoms. The normalized spacial score (nSPS) is 15.9. The number of imidazole rings is 1. The molecule has 1 amide bonds. The fourth-order valence-electron chi connectivity index (χ4n) is 3.50. The number of carbonyl (C=O) groups excluding carboxylic acids is 1. The van der Waals surface area contributed by atoms with E-state index in [1.165, 1.54) is 11.3 Å². The number of amides is 1. The molecule has 4 rings (SSSR count). The van der Waals surface area contributed by atoms with Crippen molar-refractivity contribution < 1.29 is 9.21 Å². The third kappa shape index (κ3) is 3.22. The molecule has 1 aliphatic rings. The maximum atomic E-state index is 12.5. The van der Waals surface area contributed by atoms with Gasteiger partial charge in [0.15, 0.2) is 0 Å². The molecule has 134 valence electrons. The molecule has 0 spiro atoms. The van der Waals surface area contributed by atoms with Gasteiger partial charge in [-0.3, -0.25) is 4.79 Å². The molecule has 26 heavy (non-hydrogen) atoms. The maximum Gasteiger partial charge on any atom is 0.254 e. The maximum absolute atomic E-state index is 12.5. The summed E-state index contributed by atoms with van der Waals surface area (Å²) in [6, 6.07) is 10.5. The van der Waals surface area contributed by atoms with Crippen LogP contribution >= 0.6 is 0 Å². The summed E-state index contributed by atoms with van der Waals surface area (Å²) in [5, 5.41) is 2.95. The Balaban J connectivity index is 1.43. The molecule has 1 N–H and O–H groups in total. The average molecular weight is 350 g/mol. The van der Waals surface area contributed by atoms with Crippen molar-refractivity contribution in [1.29, 1.82) is 0 Å². The molecule has 6 nitrogen and oxygen atoms in total. The SMILES string of the molecule is CC1Cc2ccccc2N1Cc1occc1C(=O)NCCn1ccnc1. The van der Waals surface area contributed by atoms with Gasteiger partial charge < -0.3 is 19.2 Å². The molecule has 6 heteroatoms. The molecule has 0 saturated carbocycles. The van der Waals surface area contributed by atoms with Crippen molar-refractivity contribution in [3.05, 3.63) is 72.2 Å². The molecule has 3 aromatic rings. The van der Waals surface area contributed by atoms with Crippen LogP contribution < -0.4 is 10.2 Å². The van der Waals surface area contributed by atoms with Crippen LogP contribution in [-0.4, -0.2) is 28.0 Å². The Kier molecular flexibility index (Phi) is 4.48. The second-order valence-electron chi connectivity index (χ2n) is 6.62. The predicted octanol–water partition coefficient (Wildman–Crippen LogP) is 2.86. The molecule has 1 atom stereocenters. The number of furan rings is 1. The zero-order valence-electron chi connectivity index (χ0n) is 14.8. The summed E-state index contributed by atoms with van der Waals surface area (Å²) in [6.07, 6.45) is 7.95. The molecule has 2 aromatic heterocycles. The van der Waals surface area contributed by atoms with Gasteiger partial charge in [-0.25, -0.2) is 4.98 Å². The number of anilines is 1. The minimum absolute atomic E-state index is 0.103. The zero-order chi connectivity index (χ0) is 17.9. The lowest BCUT2D eigenvalue weighted by atomic mass is 10.1. The first-order valence-electron chi connectivity index (χ1n) is 8.87. The first kappa shape index (κ1) is 16.4. The van der Waals surface area contributed by atoms with Gasteiger partial charge in [0.25, 0.3) is 5.91 Å². The number of carbonyl (C=O) groups is 1. The van der Waals surface area contributed by atoms with Crippen LogP contribution in [0, 0.1) is 0 Å². The number of hydrogen-bond donors (Lipinski definition) is 1. The molecule has 0 saturated heterocycles.